The monoisotopic (exact) mass is 381 g/mol. The Bertz CT molecular complexity index is 1090. The van der Waals surface area contributed by atoms with Crippen molar-refractivity contribution in [1.29, 1.82) is 0 Å². The molecule has 1 atom stereocenters. The van der Waals surface area contributed by atoms with Crippen LogP contribution < -0.4 is 16.2 Å². The van der Waals surface area contributed by atoms with E-state index < -0.39 is 15.6 Å². The Labute approximate surface area is 157 Å². The molecule has 5 N–H and O–H groups in total. The predicted molar refractivity (Wildman–Crippen MR) is 109 cm³/mol. The van der Waals surface area contributed by atoms with Crippen molar-refractivity contribution in [3.8, 4) is 11.3 Å². The molecule has 0 aliphatic heterocycles. The molecule has 3 aromatic rings. The molecule has 138 valence electrons. The maximum atomic E-state index is 12.6. The molecular formula is C19H19N5O2S. The number of anilines is 2. The normalized spacial score (nSPS) is 13.0. The molecule has 8 heteroatoms. The first-order valence-electron chi connectivity index (χ1n) is 8.00. The number of aryl methyl sites for hydroxylation is 1. The van der Waals surface area contributed by atoms with Crippen molar-refractivity contribution >= 4 is 33.0 Å². The average molecular weight is 381 g/mol. The van der Waals surface area contributed by atoms with Crippen LogP contribution in [0, 0.1) is 6.92 Å². The molecule has 2 aromatic carbocycles. The van der Waals surface area contributed by atoms with Gasteiger partial charge in [0.25, 0.3) is 5.91 Å². The van der Waals surface area contributed by atoms with Crippen LogP contribution in [0.3, 0.4) is 0 Å². The van der Waals surface area contributed by atoms with E-state index in [0.29, 0.717) is 16.3 Å². The van der Waals surface area contributed by atoms with Crippen molar-refractivity contribution in [3.63, 3.8) is 0 Å². The molecule has 1 aromatic heterocycles. The number of amides is 1. The van der Waals surface area contributed by atoms with Gasteiger partial charge in [0, 0.05) is 16.1 Å². The summed E-state index contributed by atoms with van der Waals surface area (Å²) >= 11 is 0. The van der Waals surface area contributed by atoms with E-state index in [1.807, 2.05) is 31.2 Å². The first-order valence-corrected chi connectivity index (χ1v) is 9.79. The van der Waals surface area contributed by atoms with E-state index in [-0.39, 0.29) is 11.5 Å². The van der Waals surface area contributed by atoms with Crippen LogP contribution in [0.1, 0.15) is 16.1 Å². The number of carbonyl (C=O) groups excluding carboxylic acids is 1. The fraction of sp³-hybridized carbons (Fsp3) is 0.0526. The lowest BCUT2D eigenvalue weighted by atomic mass is 10.1. The fourth-order valence-corrected chi connectivity index (χ4v) is 2.98. The van der Waals surface area contributed by atoms with E-state index in [9.17, 15) is 9.00 Å². The van der Waals surface area contributed by atoms with Crippen LogP contribution in [0.2, 0.25) is 0 Å². The number of aromatic nitrogens is 2. The van der Waals surface area contributed by atoms with Gasteiger partial charge in [0.2, 0.25) is 0 Å². The van der Waals surface area contributed by atoms with Crippen molar-refractivity contribution in [2.45, 2.75) is 11.8 Å². The molecule has 0 fully saturated rings. The zero-order chi connectivity index (χ0) is 19.6. The summed E-state index contributed by atoms with van der Waals surface area (Å²) in [5, 5.41) is 8.18. The highest BCUT2D eigenvalue weighted by Crippen LogP contribution is 2.20. The summed E-state index contributed by atoms with van der Waals surface area (Å²) in [5.41, 5.74) is 8.83. The second kappa shape index (κ2) is 7.18. The van der Waals surface area contributed by atoms with Gasteiger partial charge >= 0.3 is 0 Å². The Kier molecular flexibility index (Phi) is 4.93. The molecule has 1 amide bonds. The van der Waals surface area contributed by atoms with Crippen LogP contribution in [-0.2, 0) is 9.71 Å². The second-order valence-corrected chi connectivity index (χ2v) is 7.98. The van der Waals surface area contributed by atoms with Crippen LogP contribution in [0.25, 0.3) is 11.3 Å². The Morgan fingerprint density at radius 1 is 1.11 bits per heavy atom. The molecule has 3 rings (SSSR count). The SMILES string of the molecule is C=S(N)(=O)c1ccc(NC(=O)c2nc(-c3ccc(C)cc3)cnc2N)cc1. The van der Waals surface area contributed by atoms with Crippen molar-refractivity contribution in [2.24, 2.45) is 5.14 Å². The van der Waals surface area contributed by atoms with Gasteiger partial charge in [-0.3, -0.25) is 9.93 Å². The molecule has 0 aliphatic rings. The van der Waals surface area contributed by atoms with Crippen molar-refractivity contribution in [1.82, 2.24) is 9.97 Å². The first kappa shape index (κ1) is 18.6. The Morgan fingerprint density at radius 3 is 2.33 bits per heavy atom. The van der Waals surface area contributed by atoms with Gasteiger partial charge in [0.15, 0.2) is 11.5 Å². The van der Waals surface area contributed by atoms with Crippen LogP contribution in [0.15, 0.2) is 59.6 Å². The molecule has 0 aliphatic carbocycles. The number of nitrogens with two attached hydrogens (primary N) is 2. The number of nitrogens with one attached hydrogen (secondary N) is 1. The molecule has 1 unspecified atom stereocenters. The Morgan fingerprint density at radius 2 is 1.74 bits per heavy atom. The number of nitrogen functional groups attached to an aromatic ring is 1. The number of hydrogen-bond acceptors (Lipinski definition) is 5. The highest BCUT2D eigenvalue weighted by molar-refractivity contribution is 7.98. The fourth-order valence-electron chi connectivity index (χ4n) is 2.39. The zero-order valence-electron chi connectivity index (χ0n) is 14.7. The third-order valence-electron chi connectivity index (χ3n) is 3.87. The third kappa shape index (κ3) is 4.30. The maximum Gasteiger partial charge on any atom is 0.278 e. The largest absolute Gasteiger partial charge is 0.382 e. The van der Waals surface area contributed by atoms with E-state index in [2.05, 4.69) is 21.2 Å². The summed E-state index contributed by atoms with van der Waals surface area (Å²) < 4.78 is 11.7. The summed E-state index contributed by atoms with van der Waals surface area (Å²) in [5.74, 6) is 2.95. The molecule has 1 heterocycles. The highest BCUT2D eigenvalue weighted by atomic mass is 32.2. The number of benzene rings is 2. The average Bonchev–Trinajstić information content (AvgIpc) is 2.62. The maximum absolute atomic E-state index is 12.6. The lowest BCUT2D eigenvalue weighted by molar-refractivity contribution is 0.102. The number of carbonyl (C=O) groups is 1. The summed E-state index contributed by atoms with van der Waals surface area (Å²) in [6.07, 6.45) is 1.53. The van der Waals surface area contributed by atoms with E-state index in [4.69, 9.17) is 10.9 Å². The minimum atomic E-state index is -2.80. The third-order valence-corrected chi connectivity index (χ3v) is 4.94. The Balaban J connectivity index is 1.86. The molecule has 7 nitrogen and oxygen atoms in total. The standard InChI is InChI=1S/C19H19N5O2S/c1-12-3-5-13(6-4-12)16-11-22-18(20)17(24-16)19(25)23-14-7-9-15(10-8-14)27(2,21)26/h3-11H,2H2,1H3,(H2,20,22)(H2,21,26)(H,23,25). The second-order valence-electron chi connectivity index (χ2n) is 6.06. The van der Waals surface area contributed by atoms with Crippen LogP contribution in [0.5, 0.6) is 0 Å². The molecule has 0 radical (unpaired) electrons. The minimum Gasteiger partial charge on any atom is -0.382 e. The Hall–Kier alpha value is -3.23. The molecule has 0 saturated carbocycles. The molecule has 0 saturated heterocycles. The number of hydrogen-bond donors (Lipinski definition) is 3. The highest BCUT2D eigenvalue weighted by Gasteiger charge is 2.15. The van der Waals surface area contributed by atoms with Gasteiger partial charge in [0.1, 0.15) is 0 Å². The summed E-state index contributed by atoms with van der Waals surface area (Å²) in [6, 6.07) is 14.0. The van der Waals surface area contributed by atoms with Gasteiger partial charge in [-0.1, -0.05) is 29.8 Å². The minimum absolute atomic E-state index is 0.0249. The molecule has 0 spiro atoms. The van der Waals surface area contributed by atoms with E-state index in [0.717, 1.165) is 11.1 Å². The van der Waals surface area contributed by atoms with Gasteiger partial charge in [-0.15, -0.1) is 0 Å². The number of nitrogens with zero attached hydrogens (tertiary/aromatic N) is 2. The van der Waals surface area contributed by atoms with Gasteiger partial charge in [-0.05, 0) is 37.1 Å². The van der Waals surface area contributed by atoms with Crippen LogP contribution in [0.4, 0.5) is 11.5 Å². The summed E-state index contributed by atoms with van der Waals surface area (Å²) in [4.78, 5) is 21.4. The first-order chi connectivity index (χ1) is 12.7. The topological polar surface area (TPSA) is 124 Å². The van der Waals surface area contributed by atoms with E-state index >= 15 is 0 Å². The lowest BCUT2D eigenvalue weighted by Crippen LogP contribution is -2.17. The van der Waals surface area contributed by atoms with Crippen LogP contribution >= 0.6 is 0 Å². The smallest absolute Gasteiger partial charge is 0.278 e. The lowest BCUT2D eigenvalue weighted by Gasteiger charge is -2.09. The van der Waals surface area contributed by atoms with E-state index in [1.54, 1.807) is 24.3 Å². The number of rotatable bonds is 4. The van der Waals surface area contributed by atoms with Gasteiger partial charge in [0.05, 0.1) is 21.6 Å². The molecular weight excluding hydrogens is 362 g/mol. The summed E-state index contributed by atoms with van der Waals surface area (Å²) in [6.45, 7) is 1.99. The molecule has 27 heavy (non-hydrogen) atoms. The summed E-state index contributed by atoms with van der Waals surface area (Å²) in [7, 11) is -2.80. The molecule has 0 bridgehead atoms. The van der Waals surface area contributed by atoms with Crippen molar-refractivity contribution in [2.75, 3.05) is 11.1 Å². The van der Waals surface area contributed by atoms with Gasteiger partial charge < -0.3 is 11.1 Å². The van der Waals surface area contributed by atoms with Crippen LogP contribution in [-0.4, -0.2) is 26.0 Å². The van der Waals surface area contributed by atoms with Gasteiger partial charge in [-0.2, -0.15) is 0 Å². The quantitative estimate of drug-likeness (QED) is 0.598. The van der Waals surface area contributed by atoms with E-state index in [1.165, 1.54) is 6.20 Å². The zero-order valence-corrected chi connectivity index (χ0v) is 15.5. The van der Waals surface area contributed by atoms with Crippen molar-refractivity contribution in [3.05, 3.63) is 66.0 Å². The predicted octanol–water partition coefficient (Wildman–Crippen LogP) is 2.24. The van der Waals surface area contributed by atoms with Gasteiger partial charge in [-0.25, -0.2) is 14.2 Å². The van der Waals surface area contributed by atoms with Crippen molar-refractivity contribution < 1.29 is 9.00 Å².